The lowest BCUT2D eigenvalue weighted by molar-refractivity contribution is -0.140. The zero-order valence-electron chi connectivity index (χ0n) is 20.4. The molecule has 1 saturated heterocycles. The maximum absolute atomic E-state index is 13.3. The number of aliphatic hydroxyl groups excluding tert-OH is 1. The van der Waals surface area contributed by atoms with Gasteiger partial charge in [-0.3, -0.25) is 9.59 Å². The standard InChI is InChI=1S/C28H30N2O5/c1-29(2)14-7-15-30-25(22-8-5-6-9-23(22)35-4)24(27(32)28(30)33)26(31)20-11-10-19-17-21(34-3)13-12-18(19)16-20/h5-6,8-13,16-17,25,31H,7,14-15H2,1-4H3/b26-24+. The summed E-state index contributed by atoms with van der Waals surface area (Å²) in [7, 11) is 7.08. The summed E-state index contributed by atoms with van der Waals surface area (Å²) in [6.45, 7) is 1.13. The third-order valence-electron chi connectivity index (χ3n) is 6.30. The number of nitrogens with zero attached hydrogens (tertiary/aromatic N) is 2. The lowest BCUT2D eigenvalue weighted by Gasteiger charge is -2.27. The van der Waals surface area contributed by atoms with Crippen LogP contribution in [0.1, 0.15) is 23.6 Å². The molecule has 1 N–H and O–H groups in total. The maximum atomic E-state index is 13.3. The Morgan fingerprint density at radius 3 is 2.40 bits per heavy atom. The molecule has 182 valence electrons. The third-order valence-corrected chi connectivity index (χ3v) is 6.30. The first kappa shape index (κ1) is 24.3. The minimum atomic E-state index is -0.750. The summed E-state index contributed by atoms with van der Waals surface area (Å²) in [6.07, 6.45) is 0.684. The second kappa shape index (κ2) is 10.2. The molecule has 1 atom stereocenters. The van der Waals surface area contributed by atoms with Gasteiger partial charge in [0.15, 0.2) is 0 Å². The van der Waals surface area contributed by atoms with Crippen molar-refractivity contribution in [1.82, 2.24) is 9.80 Å². The lowest BCUT2D eigenvalue weighted by Crippen LogP contribution is -2.32. The highest BCUT2D eigenvalue weighted by atomic mass is 16.5. The molecule has 1 aliphatic heterocycles. The average Bonchev–Trinajstić information content (AvgIpc) is 3.12. The zero-order valence-corrected chi connectivity index (χ0v) is 20.4. The van der Waals surface area contributed by atoms with Crippen molar-refractivity contribution >= 4 is 28.2 Å². The fourth-order valence-electron chi connectivity index (χ4n) is 4.54. The van der Waals surface area contributed by atoms with Gasteiger partial charge in [-0.05, 0) is 62.1 Å². The number of hydrogen-bond donors (Lipinski definition) is 1. The Hall–Kier alpha value is -3.84. The van der Waals surface area contributed by atoms with Gasteiger partial charge in [0.25, 0.3) is 11.7 Å². The number of benzene rings is 3. The van der Waals surface area contributed by atoms with Crippen LogP contribution in [0, 0.1) is 0 Å². The second-order valence-electron chi connectivity index (χ2n) is 8.82. The number of carbonyl (C=O) groups is 2. The molecule has 1 amide bonds. The summed E-state index contributed by atoms with van der Waals surface area (Å²) in [5.41, 5.74) is 1.19. The Bertz CT molecular complexity index is 1300. The number of amides is 1. The van der Waals surface area contributed by atoms with E-state index in [1.807, 2.05) is 67.5 Å². The quantitative estimate of drug-likeness (QED) is 0.299. The summed E-state index contributed by atoms with van der Waals surface area (Å²) in [5, 5.41) is 13.2. The van der Waals surface area contributed by atoms with Crippen LogP contribution >= 0.6 is 0 Å². The number of rotatable bonds is 8. The van der Waals surface area contributed by atoms with Crippen molar-refractivity contribution in [3.05, 3.63) is 77.4 Å². The highest BCUT2D eigenvalue weighted by molar-refractivity contribution is 6.46. The van der Waals surface area contributed by atoms with Crippen LogP contribution in [-0.2, 0) is 9.59 Å². The summed E-state index contributed by atoms with van der Waals surface area (Å²) in [5.74, 6) is -0.237. The van der Waals surface area contributed by atoms with E-state index < -0.39 is 17.7 Å². The van der Waals surface area contributed by atoms with Gasteiger partial charge >= 0.3 is 0 Å². The van der Waals surface area contributed by atoms with E-state index in [4.69, 9.17) is 9.47 Å². The topological polar surface area (TPSA) is 79.3 Å². The average molecular weight is 475 g/mol. The van der Waals surface area contributed by atoms with Crippen molar-refractivity contribution in [2.45, 2.75) is 12.5 Å². The lowest BCUT2D eigenvalue weighted by atomic mass is 9.94. The van der Waals surface area contributed by atoms with Crippen molar-refractivity contribution in [3.8, 4) is 11.5 Å². The Labute approximate surface area is 205 Å². The number of ketones is 1. The van der Waals surface area contributed by atoms with Gasteiger partial charge in [-0.25, -0.2) is 0 Å². The van der Waals surface area contributed by atoms with Crippen LogP contribution in [0.3, 0.4) is 0 Å². The molecule has 35 heavy (non-hydrogen) atoms. The molecule has 7 nitrogen and oxygen atoms in total. The van der Waals surface area contributed by atoms with Gasteiger partial charge in [-0.2, -0.15) is 0 Å². The molecular weight excluding hydrogens is 444 g/mol. The van der Waals surface area contributed by atoms with Crippen molar-refractivity contribution in [3.63, 3.8) is 0 Å². The molecule has 1 fully saturated rings. The number of methoxy groups -OCH3 is 2. The number of Topliss-reactive ketones (excluding diaryl/α,β-unsaturated/α-hetero) is 1. The summed E-state index contributed by atoms with van der Waals surface area (Å²) >= 11 is 0. The molecule has 3 aromatic rings. The molecule has 0 saturated carbocycles. The normalized spacial score (nSPS) is 17.4. The maximum Gasteiger partial charge on any atom is 0.295 e. The van der Waals surface area contributed by atoms with Gasteiger partial charge < -0.3 is 24.4 Å². The van der Waals surface area contributed by atoms with E-state index in [1.165, 1.54) is 0 Å². The Kier molecular flexibility index (Phi) is 7.07. The predicted octanol–water partition coefficient (Wildman–Crippen LogP) is 4.23. The minimum absolute atomic E-state index is 0.0669. The van der Waals surface area contributed by atoms with Crippen LogP contribution in [0.25, 0.3) is 16.5 Å². The highest BCUT2D eigenvalue weighted by Crippen LogP contribution is 2.43. The van der Waals surface area contributed by atoms with Crippen LogP contribution in [0.2, 0.25) is 0 Å². The number of fused-ring (bicyclic) bond motifs is 1. The summed E-state index contributed by atoms with van der Waals surface area (Å²) in [4.78, 5) is 30.0. The van der Waals surface area contributed by atoms with E-state index in [-0.39, 0.29) is 11.3 Å². The second-order valence-corrected chi connectivity index (χ2v) is 8.82. The molecule has 1 aliphatic rings. The van der Waals surface area contributed by atoms with Crippen LogP contribution in [-0.4, -0.2) is 68.0 Å². The van der Waals surface area contributed by atoms with E-state index in [1.54, 1.807) is 31.3 Å². The number of ether oxygens (including phenoxy) is 2. The molecule has 7 heteroatoms. The zero-order chi connectivity index (χ0) is 25.1. The van der Waals surface area contributed by atoms with Crippen molar-refractivity contribution < 1.29 is 24.2 Å². The fourth-order valence-corrected chi connectivity index (χ4v) is 4.54. The molecule has 1 heterocycles. The molecule has 0 spiro atoms. The first-order valence-electron chi connectivity index (χ1n) is 11.5. The number of aliphatic hydroxyl groups is 1. The highest BCUT2D eigenvalue weighted by Gasteiger charge is 2.46. The smallest absolute Gasteiger partial charge is 0.295 e. The Morgan fingerprint density at radius 2 is 1.69 bits per heavy atom. The molecular formula is C28H30N2O5. The van der Waals surface area contributed by atoms with Crippen molar-refractivity contribution in [2.24, 2.45) is 0 Å². The van der Waals surface area contributed by atoms with Gasteiger partial charge in [0.2, 0.25) is 0 Å². The van der Waals surface area contributed by atoms with Gasteiger partial charge in [-0.1, -0.05) is 36.4 Å². The van der Waals surface area contributed by atoms with Crippen molar-refractivity contribution in [1.29, 1.82) is 0 Å². The summed E-state index contributed by atoms with van der Waals surface area (Å²) in [6, 6.07) is 17.6. The van der Waals surface area contributed by atoms with Crippen LogP contribution in [0.4, 0.5) is 0 Å². The molecule has 0 aliphatic carbocycles. The van der Waals surface area contributed by atoms with E-state index in [9.17, 15) is 14.7 Å². The monoisotopic (exact) mass is 474 g/mol. The Morgan fingerprint density at radius 1 is 0.971 bits per heavy atom. The molecule has 3 aromatic carbocycles. The minimum Gasteiger partial charge on any atom is -0.507 e. The third kappa shape index (κ3) is 4.72. The van der Waals surface area contributed by atoms with E-state index in [0.29, 0.717) is 29.8 Å². The van der Waals surface area contributed by atoms with Gasteiger partial charge in [0.1, 0.15) is 17.3 Å². The largest absolute Gasteiger partial charge is 0.507 e. The van der Waals surface area contributed by atoms with Crippen LogP contribution < -0.4 is 9.47 Å². The number of para-hydroxylation sites is 1. The first-order valence-corrected chi connectivity index (χ1v) is 11.5. The Balaban J connectivity index is 1.84. The molecule has 4 rings (SSSR count). The van der Waals surface area contributed by atoms with Gasteiger partial charge in [0.05, 0.1) is 25.8 Å². The van der Waals surface area contributed by atoms with Crippen LogP contribution in [0.5, 0.6) is 11.5 Å². The van der Waals surface area contributed by atoms with E-state index in [2.05, 4.69) is 0 Å². The SMILES string of the molecule is COc1ccc2cc(/C(O)=C3\C(=O)C(=O)N(CCCN(C)C)C3c3ccccc3OC)ccc2c1. The molecule has 0 aromatic heterocycles. The number of carbonyl (C=O) groups excluding carboxylic acids is 2. The fraction of sp³-hybridized carbons (Fsp3) is 0.286. The summed E-state index contributed by atoms with van der Waals surface area (Å²) < 4.78 is 10.8. The van der Waals surface area contributed by atoms with Crippen LogP contribution in [0.15, 0.2) is 66.2 Å². The number of hydrogen-bond acceptors (Lipinski definition) is 6. The van der Waals surface area contributed by atoms with Gasteiger partial charge in [-0.15, -0.1) is 0 Å². The molecule has 0 radical (unpaired) electrons. The molecule has 0 bridgehead atoms. The first-order chi connectivity index (χ1) is 16.8. The predicted molar refractivity (Wildman–Crippen MR) is 136 cm³/mol. The van der Waals surface area contributed by atoms with E-state index in [0.717, 1.165) is 23.1 Å². The van der Waals surface area contributed by atoms with E-state index >= 15 is 0 Å². The number of likely N-dealkylation sites (tertiary alicyclic amines) is 1. The van der Waals surface area contributed by atoms with Crippen molar-refractivity contribution in [2.75, 3.05) is 41.4 Å². The van der Waals surface area contributed by atoms with Gasteiger partial charge in [0, 0.05) is 17.7 Å². The molecule has 1 unspecified atom stereocenters.